The molecule has 1 aromatic rings. The van der Waals surface area contributed by atoms with E-state index in [-0.39, 0.29) is 0 Å². The minimum Gasteiger partial charge on any atom is -0.478 e. The largest absolute Gasteiger partial charge is 0.478 e. The van der Waals surface area contributed by atoms with Crippen molar-refractivity contribution in [1.29, 1.82) is 0 Å². The molecular formula is C15H19NO2S. The molecule has 0 amide bonds. The summed E-state index contributed by atoms with van der Waals surface area (Å²) in [5, 5.41) is 8.63. The Morgan fingerprint density at radius 2 is 2.32 bits per heavy atom. The summed E-state index contributed by atoms with van der Waals surface area (Å²) in [5.74, 6) is 1.52. The molecule has 3 nitrogen and oxygen atoms in total. The van der Waals surface area contributed by atoms with Crippen molar-refractivity contribution in [3.63, 3.8) is 0 Å². The number of benzene rings is 1. The molecule has 1 heterocycles. The van der Waals surface area contributed by atoms with Gasteiger partial charge in [-0.15, -0.1) is 0 Å². The summed E-state index contributed by atoms with van der Waals surface area (Å²) < 4.78 is 0. The zero-order chi connectivity index (χ0) is 13.8. The van der Waals surface area contributed by atoms with Gasteiger partial charge in [-0.2, -0.15) is 11.8 Å². The van der Waals surface area contributed by atoms with Gasteiger partial charge in [-0.1, -0.05) is 6.07 Å². The molecule has 1 aliphatic heterocycles. The van der Waals surface area contributed by atoms with Gasteiger partial charge in [0, 0.05) is 30.6 Å². The quantitative estimate of drug-likeness (QED) is 0.859. The fraction of sp³-hybridized carbons (Fsp3) is 0.400. The molecule has 19 heavy (non-hydrogen) atoms. The molecular weight excluding hydrogens is 258 g/mol. The molecule has 1 unspecified atom stereocenters. The number of hydrogen-bond acceptors (Lipinski definition) is 3. The van der Waals surface area contributed by atoms with E-state index in [0.717, 1.165) is 5.56 Å². The van der Waals surface area contributed by atoms with Crippen LogP contribution in [0.4, 0.5) is 5.69 Å². The molecule has 0 radical (unpaired) electrons. The van der Waals surface area contributed by atoms with E-state index in [1.807, 2.05) is 23.9 Å². The molecule has 4 heteroatoms. The SMILES string of the molecule is Cc1cc(C=CC(=O)O)ccc1N(C)C1CCSC1. The monoisotopic (exact) mass is 277 g/mol. The van der Waals surface area contributed by atoms with E-state index in [9.17, 15) is 4.79 Å². The lowest BCUT2D eigenvalue weighted by Gasteiger charge is -2.27. The number of nitrogens with zero attached hydrogens (tertiary/aromatic N) is 1. The van der Waals surface area contributed by atoms with Crippen LogP contribution in [0, 0.1) is 6.92 Å². The van der Waals surface area contributed by atoms with Gasteiger partial charge in [0.1, 0.15) is 0 Å². The molecule has 1 saturated heterocycles. The highest BCUT2D eigenvalue weighted by atomic mass is 32.2. The number of carboxylic acid groups (broad SMARTS) is 1. The average molecular weight is 277 g/mol. The van der Waals surface area contributed by atoms with Crippen molar-refractivity contribution in [2.45, 2.75) is 19.4 Å². The van der Waals surface area contributed by atoms with Gasteiger partial charge in [0.25, 0.3) is 0 Å². The minimum atomic E-state index is -0.915. The van der Waals surface area contributed by atoms with Gasteiger partial charge in [0.2, 0.25) is 0 Å². The number of thioether (sulfide) groups is 1. The van der Waals surface area contributed by atoms with Crippen molar-refractivity contribution in [2.75, 3.05) is 23.5 Å². The Balaban J connectivity index is 2.16. The second-order valence-corrected chi connectivity index (χ2v) is 6.00. The highest BCUT2D eigenvalue weighted by Gasteiger charge is 2.21. The minimum absolute atomic E-state index is 0.615. The van der Waals surface area contributed by atoms with Gasteiger partial charge in [0.15, 0.2) is 0 Å². The first-order valence-electron chi connectivity index (χ1n) is 6.40. The van der Waals surface area contributed by atoms with Gasteiger partial charge in [-0.25, -0.2) is 4.79 Å². The number of aryl methyl sites for hydroxylation is 1. The van der Waals surface area contributed by atoms with Crippen LogP contribution in [0.3, 0.4) is 0 Å². The van der Waals surface area contributed by atoms with Crippen LogP contribution in [-0.4, -0.2) is 35.7 Å². The Morgan fingerprint density at radius 3 is 2.89 bits per heavy atom. The van der Waals surface area contributed by atoms with E-state index in [1.165, 1.54) is 35.3 Å². The number of aliphatic carboxylic acids is 1. The van der Waals surface area contributed by atoms with Crippen molar-refractivity contribution in [1.82, 2.24) is 0 Å². The summed E-state index contributed by atoms with van der Waals surface area (Å²) in [7, 11) is 2.14. The van der Waals surface area contributed by atoms with E-state index in [1.54, 1.807) is 6.08 Å². The van der Waals surface area contributed by atoms with Crippen LogP contribution in [0.5, 0.6) is 0 Å². The maximum absolute atomic E-state index is 10.5. The fourth-order valence-corrected chi connectivity index (χ4v) is 3.64. The van der Waals surface area contributed by atoms with Crippen LogP contribution in [0.25, 0.3) is 6.08 Å². The maximum Gasteiger partial charge on any atom is 0.328 e. The summed E-state index contributed by atoms with van der Waals surface area (Å²) in [5.41, 5.74) is 3.35. The Kier molecular flexibility index (Phi) is 4.53. The maximum atomic E-state index is 10.5. The number of hydrogen-bond donors (Lipinski definition) is 1. The van der Waals surface area contributed by atoms with Gasteiger partial charge in [-0.05, 0) is 48.4 Å². The number of rotatable bonds is 4. The Hall–Kier alpha value is -1.42. The highest BCUT2D eigenvalue weighted by molar-refractivity contribution is 7.99. The second kappa shape index (κ2) is 6.15. The first-order valence-corrected chi connectivity index (χ1v) is 7.55. The number of carboxylic acids is 1. The van der Waals surface area contributed by atoms with Crippen LogP contribution in [0.2, 0.25) is 0 Å². The van der Waals surface area contributed by atoms with E-state index in [2.05, 4.69) is 24.9 Å². The normalized spacial score (nSPS) is 18.9. The van der Waals surface area contributed by atoms with Gasteiger partial charge < -0.3 is 10.0 Å². The number of carbonyl (C=O) groups is 1. The molecule has 1 aliphatic rings. The van der Waals surface area contributed by atoms with Crippen molar-refractivity contribution >= 4 is 29.5 Å². The van der Waals surface area contributed by atoms with Crippen LogP contribution >= 0.6 is 11.8 Å². The van der Waals surface area contributed by atoms with Crippen LogP contribution < -0.4 is 4.90 Å². The predicted octanol–water partition coefficient (Wildman–Crippen LogP) is 3.03. The topological polar surface area (TPSA) is 40.5 Å². The third-order valence-electron chi connectivity index (χ3n) is 3.47. The van der Waals surface area contributed by atoms with Crippen molar-refractivity contribution in [2.24, 2.45) is 0 Å². The number of anilines is 1. The van der Waals surface area contributed by atoms with E-state index < -0.39 is 5.97 Å². The molecule has 1 N–H and O–H groups in total. The molecule has 1 aromatic carbocycles. The van der Waals surface area contributed by atoms with E-state index in [4.69, 9.17) is 5.11 Å². The van der Waals surface area contributed by atoms with Gasteiger partial charge in [0.05, 0.1) is 0 Å². The Bertz CT molecular complexity index is 493. The van der Waals surface area contributed by atoms with Crippen molar-refractivity contribution < 1.29 is 9.90 Å². The molecule has 0 spiro atoms. The lowest BCUT2D eigenvalue weighted by atomic mass is 10.1. The van der Waals surface area contributed by atoms with Crippen molar-refractivity contribution in [3.05, 3.63) is 35.4 Å². The van der Waals surface area contributed by atoms with Crippen molar-refractivity contribution in [3.8, 4) is 0 Å². The van der Waals surface area contributed by atoms with Crippen LogP contribution in [-0.2, 0) is 4.79 Å². The smallest absolute Gasteiger partial charge is 0.328 e. The van der Waals surface area contributed by atoms with E-state index >= 15 is 0 Å². The molecule has 1 atom stereocenters. The first kappa shape index (κ1) is 14.0. The summed E-state index contributed by atoms with van der Waals surface area (Å²) >= 11 is 2.01. The molecule has 102 valence electrons. The fourth-order valence-electron chi connectivity index (χ4n) is 2.37. The van der Waals surface area contributed by atoms with Gasteiger partial charge >= 0.3 is 5.97 Å². The Labute approximate surface area is 118 Å². The highest BCUT2D eigenvalue weighted by Crippen LogP contribution is 2.28. The second-order valence-electron chi connectivity index (χ2n) is 4.85. The molecule has 0 aromatic heterocycles. The summed E-state index contributed by atoms with van der Waals surface area (Å²) in [6.45, 7) is 2.08. The van der Waals surface area contributed by atoms with Crippen LogP contribution in [0.1, 0.15) is 17.5 Å². The zero-order valence-electron chi connectivity index (χ0n) is 11.3. The van der Waals surface area contributed by atoms with E-state index in [0.29, 0.717) is 6.04 Å². The standard InChI is InChI=1S/C15H19NO2S/c1-11-9-12(4-6-15(17)18)3-5-14(11)16(2)13-7-8-19-10-13/h3-6,9,13H,7-8,10H2,1-2H3,(H,17,18). The Morgan fingerprint density at radius 1 is 1.53 bits per heavy atom. The summed E-state index contributed by atoms with van der Waals surface area (Å²) in [4.78, 5) is 12.9. The lowest BCUT2D eigenvalue weighted by Crippen LogP contribution is -2.31. The lowest BCUT2D eigenvalue weighted by molar-refractivity contribution is -0.131. The predicted molar refractivity (Wildman–Crippen MR) is 82.0 cm³/mol. The summed E-state index contributed by atoms with van der Waals surface area (Å²) in [6.07, 6.45) is 4.04. The van der Waals surface area contributed by atoms with Gasteiger partial charge in [-0.3, -0.25) is 0 Å². The molecule has 0 bridgehead atoms. The third-order valence-corrected chi connectivity index (χ3v) is 4.62. The molecule has 1 fully saturated rings. The summed E-state index contributed by atoms with van der Waals surface area (Å²) in [6, 6.07) is 6.71. The average Bonchev–Trinajstić information content (AvgIpc) is 2.89. The molecule has 0 aliphatic carbocycles. The molecule has 0 saturated carbocycles. The first-order chi connectivity index (χ1) is 9.08. The molecule has 2 rings (SSSR count). The van der Waals surface area contributed by atoms with Crippen LogP contribution in [0.15, 0.2) is 24.3 Å². The third kappa shape index (κ3) is 3.53. The zero-order valence-corrected chi connectivity index (χ0v) is 12.1.